The molecule has 1 nitrogen and oxygen atoms in total. The molecule has 6 atom stereocenters. The fourth-order valence-corrected chi connectivity index (χ4v) is 9.22. The van der Waals surface area contributed by atoms with Crippen LogP contribution in [0.2, 0.25) is 0 Å². The first-order valence-electron chi connectivity index (χ1n) is 13.1. The number of aliphatic hydroxyl groups excluding tert-OH is 1. The van der Waals surface area contributed by atoms with E-state index in [4.69, 9.17) is 0 Å². The Balaban J connectivity index is 1.55. The Bertz CT molecular complexity index is 712. The zero-order valence-electron chi connectivity index (χ0n) is 20.8. The maximum atomic E-state index is 9.28. The van der Waals surface area contributed by atoms with Gasteiger partial charge in [-0.2, -0.15) is 0 Å². The van der Waals surface area contributed by atoms with E-state index in [2.05, 4.69) is 47.6 Å². The molecule has 0 amide bonds. The normalized spacial score (nSPS) is 41.8. The van der Waals surface area contributed by atoms with Crippen molar-refractivity contribution in [3.05, 3.63) is 22.8 Å². The third-order valence-electron chi connectivity index (χ3n) is 10.8. The summed E-state index contributed by atoms with van der Waals surface area (Å²) >= 11 is 0. The van der Waals surface area contributed by atoms with Crippen molar-refractivity contribution in [2.45, 2.75) is 112 Å². The molecule has 4 rings (SSSR count). The van der Waals surface area contributed by atoms with Gasteiger partial charge < -0.3 is 5.11 Å². The second-order valence-electron chi connectivity index (χ2n) is 12.9. The predicted octanol–water partition coefficient (Wildman–Crippen LogP) is 8.09. The van der Waals surface area contributed by atoms with Crippen molar-refractivity contribution in [1.82, 2.24) is 0 Å². The maximum absolute atomic E-state index is 9.28. The van der Waals surface area contributed by atoms with Gasteiger partial charge in [0, 0.05) is 0 Å². The summed E-state index contributed by atoms with van der Waals surface area (Å²) in [6.07, 6.45) is 17.5. The van der Waals surface area contributed by atoms with Crippen molar-refractivity contribution in [2.24, 2.45) is 39.9 Å². The van der Waals surface area contributed by atoms with Crippen LogP contribution in [0.15, 0.2) is 22.8 Å². The van der Waals surface area contributed by atoms with Crippen molar-refractivity contribution in [3.63, 3.8) is 0 Å². The van der Waals surface area contributed by atoms with Gasteiger partial charge in [0.25, 0.3) is 0 Å². The summed E-state index contributed by atoms with van der Waals surface area (Å²) in [5.74, 6) is 3.45. The molecule has 2 saturated carbocycles. The summed E-state index contributed by atoms with van der Waals surface area (Å²) in [5.41, 5.74) is 6.58. The van der Waals surface area contributed by atoms with Gasteiger partial charge in [-0.15, -0.1) is 0 Å². The number of allylic oxidation sites excluding steroid dienone is 3. The van der Waals surface area contributed by atoms with Crippen LogP contribution in [0.5, 0.6) is 0 Å². The number of aliphatic hydroxyl groups is 1. The Kier molecular flexibility index (Phi) is 6.10. The van der Waals surface area contributed by atoms with Crippen LogP contribution >= 0.6 is 0 Å². The van der Waals surface area contributed by atoms with Crippen molar-refractivity contribution in [2.75, 3.05) is 6.61 Å². The second kappa shape index (κ2) is 8.09. The van der Waals surface area contributed by atoms with Crippen LogP contribution in [0.1, 0.15) is 112 Å². The summed E-state index contributed by atoms with van der Waals surface area (Å²) in [7, 11) is 0. The van der Waals surface area contributed by atoms with Crippen LogP contribution in [0.4, 0.5) is 0 Å². The van der Waals surface area contributed by atoms with E-state index in [1.807, 2.05) is 11.1 Å². The minimum absolute atomic E-state index is 0.213. The largest absolute Gasteiger partial charge is 0.392 e. The van der Waals surface area contributed by atoms with Gasteiger partial charge in [-0.25, -0.2) is 0 Å². The third kappa shape index (κ3) is 3.56. The highest BCUT2D eigenvalue weighted by molar-refractivity contribution is 5.35. The average Bonchev–Trinajstić information content (AvgIpc) is 3.04. The van der Waals surface area contributed by atoms with Crippen LogP contribution in [0, 0.1) is 39.9 Å². The fraction of sp³-hybridized carbons (Fsp3) is 0.862. The van der Waals surface area contributed by atoms with E-state index in [0.717, 1.165) is 35.7 Å². The maximum Gasteiger partial charge on any atom is 0.0639 e. The minimum atomic E-state index is 0.213. The molecule has 4 aliphatic rings. The molecule has 0 heterocycles. The summed E-state index contributed by atoms with van der Waals surface area (Å²) in [6, 6.07) is 0. The minimum Gasteiger partial charge on any atom is -0.392 e. The summed E-state index contributed by atoms with van der Waals surface area (Å²) in [6.45, 7) is 15.2. The molecule has 170 valence electrons. The van der Waals surface area contributed by atoms with Crippen LogP contribution in [0.25, 0.3) is 0 Å². The molecule has 0 spiro atoms. The Morgan fingerprint density at radius 3 is 2.57 bits per heavy atom. The van der Waals surface area contributed by atoms with Gasteiger partial charge in [0.15, 0.2) is 0 Å². The van der Waals surface area contributed by atoms with Crippen LogP contribution in [0.3, 0.4) is 0 Å². The van der Waals surface area contributed by atoms with Gasteiger partial charge in [0.05, 0.1) is 6.61 Å². The van der Waals surface area contributed by atoms with E-state index < -0.39 is 0 Å². The highest BCUT2D eigenvalue weighted by atomic mass is 16.3. The van der Waals surface area contributed by atoms with Crippen molar-refractivity contribution >= 4 is 0 Å². The summed E-state index contributed by atoms with van der Waals surface area (Å²) in [4.78, 5) is 0. The first-order valence-corrected chi connectivity index (χ1v) is 13.1. The van der Waals surface area contributed by atoms with Gasteiger partial charge in [-0.05, 0) is 111 Å². The second-order valence-corrected chi connectivity index (χ2v) is 12.9. The average molecular weight is 413 g/mol. The molecule has 0 radical (unpaired) electrons. The standard InChI is InChI=1S/C29H48O/c1-20(19-30)9-7-10-21(2)23-12-13-24-22-11-14-26-27(3,4)16-8-17-29(26,6)25(22)15-18-28(23,24)5/h9,21,23-24,26,30H,7-8,10-19H2,1-6H3/t21-,23-,24+,26?,28-,29-/m1/s1. The van der Waals surface area contributed by atoms with Gasteiger partial charge in [-0.1, -0.05) is 63.8 Å². The molecule has 0 aliphatic heterocycles. The molecule has 1 heteroatoms. The molecular formula is C29H48O. The molecule has 30 heavy (non-hydrogen) atoms. The van der Waals surface area contributed by atoms with E-state index >= 15 is 0 Å². The van der Waals surface area contributed by atoms with Crippen LogP contribution in [-0.4, -0.2) is 11.7 Å². The molecular weight excluding hydrogens is 364 g/mol. The van der Waals surface area contributed by atoms with Crippen LogP contribution < -0.4 is 0 Å². The zero-order valence-corrected chi connectivity index (χ0v) is 20.8. The molecule has 0 aromatic carbocycles. The van der Waals surface area contributed by atoms with Gasteiger partial charge in [0.2, 0.25) is 0 Å². The van der Waals surface area contributed by atoms with E-state index in [9.17, 15) is 5.11 Å². The smallest absolute Gasteiger partial charge is 0.0639 e. The van der Waals surface area contributed by atoms with E-state index in [0.29, 0.717) is 16.2 Å². The summed E-state index contributed by atoms with van der Waals surface area (Å²) < 4.78 is 0. The van der Waals surface area contributed by atoms with Crippen molar-refractivity contribution in [3.8, 4) is 0 Å². The fourth-order valence-electron chi connectivity index (χ4n) is 9.22. The quantitative estimate of drug-likeness (QED) is 0.452. The molecule has 0 bridgehead atoms. The first kappa shape index (κ1) is 22.6. The lowest BCUT2D eigenvalue weighted by atomic mass is 9.46. The molecule has 1 unspecified atom stereocenters. The lowest BCUT2D eigenvalue weighted by molar-refractivity contribution is -0.00386. The Hall–Kier alpha value is -0.560. The Morgan fingerprint density at radius 1 is 1.07 bits per heavy atom. The lowest BCUT2D eigenvalue weighted by Crippen LogP contribution is -2.48. The monoisotopic (exact) mass is 412 g/mol. The van der Waals surface area contributed by atoms with Crippen molar-refractivity contribution < 1.29 is 5.11 Å². The van der Waals surface area contributed by atoms with E-state index in [1.165, 1.54) is 64.2 Å². The van der Waals surface area contributed by atoms with Crippen molar-refractivity contribution in [1.29, 1.82) is 0 Å². The number of rotatable bonds is 5. The third-order valence-corrected chi connectivity index (χ3v) is 10.8. The Labute approximate surface area is 186 Å². The summed E-state index contributed by atoms with van der Waals surface area (Å²) in [5, 5.41) is 9.28. The molecule has 2 fully saturated rings. The van der Waals surface area contributed by atoms with Gasteiger partial charge in [0.1, 0.15) is 0 Å². The highest BCUT2D eigenvalue weighted by Gasteiger charge is 2.57. The first-order chi connectivity index (χ1) is 14.1. The number of hydrogen-bond acceptors (Lipinski definition) is 1. The van der Waals surface area contributed by atoms with Gasteiger partial charge >= 0.3 is 0 Å². The molecule has 4 aliphatic carbocycles. The molecule has 1 N–H and O–H groups in total. The Morgan fingerprint density at radius 2 is 1.83 bits per heavy atom. The SMILES string of the molecule is CC(=CCC[C@@H](C)[C@H]1CC[C@H]2C3=C(CC[C@]12C)[C@@]1(C)CCCC(C)(C)C1CC3)CO. The van der Waals surface area contributed by atoms with E-state index in [-0.39, 0.29) is 6.61 Å². The molecule has 0 aromatic rings. The number of fused-ring (bicyclic) bond motifs is 4. The molecule has 0 saturated heterocycles. The highest BCUT2D eigenvalue weighted by Crippen LogP contribution is 2.68. The zero-order chi connectivity index (χ0) is 21.7. The van der Waals surface area contributed by atoms with E-state index in [1.54, 1.807) is 0 Å². The molecule has 0 aromatic heterocycles. The predicted molar refractivity (Wildman–Crippen MR) is 128 cm³/mol. The lowest BCUT2D eigenvalue weighted by Gasteiger charge is -2.58. The van der Waals surface area contributed by atoms with Gasteiger partial charge in [-0.3, -0.25) is 0 Å². The topological polar surface area (TPSA) is 20.2 Å². The number of hydrogen-bond donors (Lipinski definition) is 1. The van der Waals surface area contributed by atoms with Crippen LogP contribution in [-0.2, 0) is 0 Å².